The van der Waals surface area contributed by atoms with Gasteiger partial charge >= 0.3 is 0 Å². The van der Waals surface area contributed by atoms with Crippen molar-refractivity contribution in [2.45, 2.75) is 45.6 Å². The minimum absolute atomic E-state index is 0.0469. The van der Waals surface area contributed by atoms with Gasteiger partial charge in [0.05, 0.1) is 22.1 Å². The molecule has 1 heterocycles. The second-order valence-electron chi connectivity index (χ2n) is 5.33. The van der Waals surface area contributed by atoms with E-state index in [0.29, 0.717) is 28.9 Å². The molecule has 0 bridgehead atoms. The number of piperidine rings is 1. The van der Waals surface area contributed by atoms with Gasteiger partial charge in [-0.1, -0.05) is 18.5 Å². The maximum atomic E-state index is 11.6. The van der Waals surface area contributed by atoms with Crippen LogP contribution in [0.25, 0.3) is 0 Å². The van der Waals surface area contributed by atoms with Gasteiger partial charge in [-0.15, -0.1) is 0 Å². The fourth-order valence-corrected chi connectivity index (χ4v) is 2.84. The summed E-state index contributed by atoms with van der Waals surface area (Å²) >= 11 is 6.16. The molecule has 4 nitrogen and oxygen atoms in total. The molecule has 0 saturated carbocycles. The van der Waals surface area contributed by atoms with Crippen LogP contribution in [0.5, 0.6) is 0 Å². The number of hydrogen-bond donors (Lipinski definition) is 2. The molecule has 0 spiro atoms. The Hall–Kier alpha value is -1.42. The highest BCUT2D eigenvalue weighted by Crippen LogP contribution is 2.36. The molecule has 1 fully saturated rings. The Kier molecular flexibility index (Phi) is 4.76. The van der Waals surface area contributed by atoms with Crippen LogP contribution in [0.1, 0.15) is 39.5 Å². The molecule has 1 atom stereocenters. The van der Waals surface area contributed by atoms with E-state index >= 15 is 0 Å². The number of hydrogen-bond acceptors (Lipinski definition) is 3. The largest absolute Gasteiger partial charge is 0.397 e. The van der Waals surface area contributed by atoms with E-state index in [1.54, 1.807) is 6.07 Å². The molecule has 1 aromatic carbocycles. The van der Waals surface area contributed by atoms with Gasteiger partial charge in [0.25, 0.3) is 0 Å². The second-order valence-corrected chi connectivity index (χ2v) is 5.74. The van der Waals surface area contributed by atoms with E-state index in [1.165, 1.54) is 19.3 Å². The predicted molar refractivity (Wildman–Crippen MR) is 85.4 cm³/mol. The first kappa shape index (κ1) is 15.0. The molecule has 1 saturated heterocycles. The monoisotopic (exact) mass is 295 g/mol. The highest BCUT2D eigenvalue weighted by Gasteiger charge is 2.21. The van der Waals surface area contributed by atoms with Gasteiger partial charge in [-0.25, -0.2) is 0 Å². The second kappa shape index (κ2) is 6.35. The van der Waals surface area contributed by atoms with Crippen molar-refractivity contribution in [3.05, 3.63) is 17.2 Å². The molecule has 2 rings (SSSR count). The number of anilines is 3. The van der Waals surface area contributed by atoms with Crippen LogP contribution in [0.3, 0.4) is 0 Å². The SMILES string of the molecule is CCC(=O)Nc1cc(N2CCCC[C@H]2C)c(N)cc1Cl. The lowest BCUT2D eigenvalue weighted by molar-refractivity contribution is -0.115. The van der Waals surface area contributed by atoms with Gasteiger partial charge < -0.3 is 16.0 Å². The van der Waals surface area contributed by atoms with Crippen molar-refractivity contribution in [1.82, 2.24) is 0 Å². The predicted octanol–water partition coefficient (Wildman–Crippen LogP) is 3.65. The number of nitrogens with zero attached hydrogens (tertiary/aromatic N) is 1. The van der Waals surface area contributed by atoms with E-state index < -0.39 is 0 Å². The van der Waals surface area contributed by atoms with E-state index in [1.807, 2.05) is 13.0 Å². The molecule has 0 aromatic heterocycles. The van der Waals surface area contributed by atoms with Crippen LogP contribution < -0.4 is 16.0 Å². The van der Waals surface area contributed by atoms with Gasteiger partial charge in [0.1, 0.15) is 0 Å². The summed E-state index contributed by atoms with van der Waals surface area (Å²) in [6.45, 7) is 5.01. The van der Waals surface area contributed by atoms with E-state index in [9.17, 15) is 4.79 Å². The van der Waals surface area contributed by atoms with Crippen molar-refractivity contribution < 1.29 is 4.79 Å². The summed E-state index contributed by atoms with van der Waals surface area (Å²) in [6, 6.07) is 4.08. The molecule has 1 aromatic rings. The van der Waals surface area contributed by atoms with Gasteiger partial charge in [-0.2, -0.15) is 0 Å². The number of halogens is 1. The first-order valence-corrected chi connectivity index (χ1v) is 7.56. The van der Waals surface area contributed by atoms with Gasteiger partial charge in [0, 0.05) is 19.0 Å². The highest BCUT2D eigenvalue weighted by molar-refractivity contribution is 6.34. The lowest BCUT2D eigenvalue weighted by Gasteiger charge is -2.36. The van der Waals surface area contributed by atoms with Crippen molar-refractivity contribution in [2.75, 3.05) is 22.5 Å². The molecule has 1 aliphatic rings. The molecule has 1 aliphatic heterocycles. The normalized spacial score (nSPS) is 18.9. The van der Waals surface area contributed by atoms with Crippen molar-refractivity contribution in [1.29, 1.82) is 0 Å². The molecule has 0 radical (unpaired) electrons. The van der Waals surface area contributed by atoms with Gasteiger partial charge in [0.15, 0.2) is 0 Å². The molecule has 3 N–H and O–H groups in total. The topological polar surface area (TPSA) is 58.4 Å². The van der Waals surface area contributed by atoms with Crippen LogP contribution in [-0.4, -0.2) is 18.5 Å². The first-order valence-electron chi connectivity index (χ1n) is 7.18. The average Bonchev–Trinajstić information content (AvgIpc) is 2.42. The summed E-state index contributed by atoms with van der Waals surface area (Å²) in [5, 5.41) is 3.31. The number of nitrogens with one attached hydrogen (secondary N) is 1. The van der Waals surface area contributed by atoms with Gasteiger partial charge in [0.2, 0.25) is 5.91 Å². The Bertz CT molecular complexity index is 504. The minimum Gasteiger partial charge on any atom is -0.397 e. The summed E-state index contributed by atoms with van der Waals surface area (Å²) in [5.74, 6) is -0.0469. The Labute approximate surface area is 125 Å². The zero-order chi connectivity index (χ0) is 14.7. The van der Waals surface area contributed by atoms with E-state index in [4.69, 9.17) is 17.3 Å². The van der Waals surface area contributed by atoms with Crippen LogP contribution in [-0.2, 0) is 4.79 Å². The number of rotatable bonds is 3. The number of carbonyl (C=O) groups excluding carboxylic acids is 1. The Morgan fingerprint density at radius 1 is 1.50 bits per heavy atom. The maximum Gasteiger partial charge on any atom is 0.224 e. The number of amides is 1. The molecule has 0 aliphatic carbocycles. The van der Waals surface area contributed by atoms with Crippen LogP contribution in [0.2, 0.25) is 5.02 Å². The van der Waals surface area contributed by atoms with Gasteiger partial charge in [-0.3, -0.25) is 4.79 Å². The summed E-state index contributed by atoms with van der Waals surface area (Å²) in [6.07, 6.45) is 4.02. The number of nitrogens with two attached hydrogens (primary N) is 1. The minimum atomic E-state index is -0.0469. The van der Waals surface area contributed by atoms with E-state index in [0.717, 1.165) is 12.2 Å². The fourth-order valence-electron chi connectivity index (χ4n) is 2.62. The molecular weight excluding hydrogens is 274 g/mol. The third kappa shape index (κ3) is 3.18. The Morgan fingerprint density at radius 2 is 2.25 bits per heavy atom. The fraction of sp³-hybridized carbons (Fsp3) is 0.533. The van der Waals surface area contributed by atoms with Gasteiger partial charge in [-0.05, 0) is 38.3 Å². The highest BCUT2D eigenvalue weighted by atomic mass is 35.5. The van der Waals surface area contributed by atoms with Crippen molar-refractivity contribution in [3.63, 3.8) is 0 Å². The summed E-state index contributed by atoms with van der Waals surface area (Å²) < 4.78 is 0. The Morgan fingerprint density at radius 3 is 2.90 bits per heavy atom. The Balaban J connectivity index is 2.32. The zero-order valence-corrected chi connectivity index (χ0v) is 12.8. The number of nitrogen functional groups attached to an aromatic ring is 1. The smallest absolute Gasteiger partial charge is 0.224 e. The maximum absolute atomic E-state index is 11.6. The summed E-state index contributed by atoms with van der Waals surface area (Å²) in [5.41, 5.74) is 8.38. The lowest BCUT2D eigenvalue weighted by Crippen LogP contribution is -2.37. The molecular formula is C15H22ClN3O. The molecule has 20 heavy (non-hydrogen) atoms. The van der Waals surface area contributed by atoms with Crippen LogP contribution in [0, 0.1) is 0 Å². The van der Waals surface area contributed by atoms with Crippen LogP contribution in [0.4, 0.5) is 17.1 Å². The van der Waals surface area contributed by atoms with Crippen molar-refractivity contribution >= 4 is 34.6 Å². The zero-order valence-electron chi connectivity index (χ0n) is 12.1. The number of benzene rings is 1. The molecule has 5 heteroatoms. The summed E-state index contributed by atoms with van der Waals surface area (Å²) in [7, 11) is 0. The van der Waals surface area contributed by atoms with E-state index in [-0.39, 0.29) is 5.91 Å². The van der Waals surface area contributed by atoms with Crippen molar-refractivity contribution in [3.8, 4) is 0 Å². The quantitative estimate of drug-likeness (QED) is 0.837. The van der Waals surface area contributed by atoms with E-state index in [2.05, 4.69) is 17.1 Å². The lowest BCUT2D eigenvalue weighted by atomic mass is 10.0. The van der Waals surface area contributed by atoms with Crippen molar-refractivity contribution in [2.24, 2.45) is 0 Å². The third-order valence-electron chi connectivity index (χ3n) is 3.82. The molecule has 110 valence electrons. The number of carbonyl (C=O) groups is 1. The average molecular weight is 296 g/mol. The third-order valence-corrected chi connectivity index (χ3v) is 4.14. The van der Waals surface area contributed by atoms with Crippen LogP contribution >= 0.6 is 11.6 Å². The first-order chi connectivity index (χ1) is 9.52. The molecule has 1 amide bonds. The standard InChI is InChI=1S/C15H22ClN3O/c1-3-15(20)18-13-9-14(12(17)8-11(13)16)19-7-5-4-6-10(19)2/h8-10H,3-7,17H2,1-2H3,(H,18,20)/t10-/m1/s1. The van der Waals surface area contributed by atoms with Crippen LogP contribution in [0.15, 0.2) is 12.1 Å². The molecule has 0 unspecified atom stereocenters. The summed E-state index contributed by atoms with van der Waals surface area (Å²) in [4.78, 5) is 13.9.